The van der Waals surface area contributed by atoms with Crippen molar-refractivity contribution in [1.29, 1.82) is 0 Å². The van der Waals surface area contributed by atoms with Crippen LogP contribution in [0.25, 0.3) is 0 Å². The van der Waals surface area contributed by atoms with Crippen LogP contribution in [-0.2, 0) is 4.79 Å². The van der Waals surface area contributed by atoms with Gasteiger partial charge in [-0.25, -0.2) is 4.79 Å². The molecule has 0 radical (unpaired) electrons. The fraction of sp³-hybridized carbons (Fsp3) is 0.333. The van der Waals surface area contributed by atoms with Gasteiger partial charge in [0.05, 0.1) is 5.75 Å². The Morgan fingerprint density at radius 1 is 1.39 bits per heavy atom. The molecule has 0 spiro atoms. The van der Waals surface area contributed by atoms with Crippen molar-refractivity contribution in [3.63, 3.8) is 0 Å². The Morgan fingerprint density at radius 3 is 2.83 bits per heavy atom. The van der Waals surface area contributed by atoms with Crippen LogP contribution in [0.5, 0.6) is 5.75 Å². The molecule has 6 heteroatoms. The molecule has 1 aromatic carbocycles. The Morgan fingerprint density at radius 2 is 2.17 bits per heavy atom. The molecule has 18 heavy (non-hydrogen) atoms. The van der Waals surface area contributed by atoms with Crippen LogP contribution in [0.1, 0.15) is 13.3 Å². The van der Waals surface area contributed by atoms with Gasteiger partial charge in [-0.15, -0.1) is 11.8 Å². The highest BCUT2D eigenvalue weighted by Crippen LogP contribution is 2.21. The molecule has 0 fully saturated rings. The number of thioether (sulfide) groups is 1. The minimum absolute atomic E-state index is 0.128. The quantitative estimate of drug-likeness (QED) is 0.710. The normalized spacial score (nSPS) is 9.83. The lowest BCUT2D eigenvalue weighted by molar-refractivity contribution is -0.117. The summed E-state index contributed by atoms with van der Waals surface area (Å²) in [5.41, 5.74) is 0. The molecular formula is C12H16N2O3S. The van der Waals surface area contributed by atoms with E-state index in [0.717, 1.165) is 11.3 Å². The SMILES string of the molecule is CCCNC(=O)NC(=O)CSc1cccc(O)c1. The van der Waals surface area contributed by atoms with E-state index in [9.17, 15) is 14.7 Å². The molecule has 1 aromatic rings. The van der Waals surface area contributed by atoms with E-state index in [1.165, 1.54) is 11.8 Å². The Hall–Kier alpha value is -1.69. The Kier molecular flexibility index (Phi) is 6.07. The van der Waals surface area contributed by atoms with Crippen LogP contribution < -0.4 is 10.6 Å². The summed E-state index contributed by atoms with van der Waals surface area (Å²) in [6.45, 7) is 2.47. The number of amides is 3. The summed E-state index contributed by atoms with van der Waals surface area (Å²) in [5, 5.41) is 14.0. The Balaban J connectivity index is 2.31. The van der Waals surface area contributed by atoms with Crippen LogP contribution >= 0.6 is 11.8 Å². The van der Waals surface area contributed by atoms with Crippen LogP contribution in [0, 0.1) is 0 Å². The molecule has 0 saturated heterocycles. The Bertz CT molecular complexity index is 424. The number of imide groups is 1. The predicted octanol–water partition coefficient (Wildman–Crippen LogP) is 1.72. The van der Waals surface area contributed by atoms with Gasteiger partial charge in [-0.3, -0.25) is 10.1 Å². The van der Waals surface area contributed by atoms with E-state index in [1.807, 2.05) is 6.92 Å². The van der Waals surface area contributed by atoms with E-state index in [1.54, 1.807) is 24.3 Å². The third kappa shape index (κ3) is 5.58. The molecule has 0 aromatic heterocycles. The molecule has 0 saturated carbocycles. The lowest BCUT2D eigenvalue weighted by Crippen LogP contribution is -2.40. The van der Waals surface area contributed by atoms with E-state index in [4.69, 9.17) is 0 Å². The van der Waals surface area contributed by atoms with Crippen molar-refractivity contribution in [3.05, 3.63) is 24.3 Å². The first-order chi connectivity index (χ1) is 8.61. The highest BCUT2D eigenvalue weighted by atomic mass is 32.2. The summed E-state index contributed by atoms with van der Waals surface area (Å²) >= 11 is 1.26. The number of carbonyl (C=O) groups is 2. The largest absolute Gasteiger partial charge is 0.508 e. The average Bonchev–Trinajstić information content (AvgIpc) is 2.34. The standard InChI is InChI=1S/C12H16N2O3S/c1-2-6-13-12(17)14-11(16)8-18-10-5-3-4-9(15)7-10/h3-5,7,15H,2,6,8H2,1H3,(H2,13,14,16,17). The summed E-state index contributed by atoms with van der Waals surface area (Å²) in [6.07, 6.45) is 0.819. The third-order valence-corrected chi connectivity index (χ3v) is 2.97. The number of phenolic OH excluding ortho intramolecular Hbond substituents is 1. The van der Waals surface area contributed by atoms with Crippen molar-refractivity contribution in [1.82, 2.24) is 10.6 Å². The number of benzene rings is 1. The molecule has 0 aliphatic heterocycles. The maximum Gasteiger partial charge on any atom is 0.321 e. The van der Waals surface area contributed by atoms with Crippen LogP contribution in [0.4, 0.5) is 4.79 Å². The maximum atomic E-state index is 11.4. The van der Waals surface area contributed by atoms with E-state index < -0.39 is 6.03 Å². The van der Waals surface area contributed by atoms with E-state index >= 15 is 0 Å². The minimum Gasteiger partial charge on any atom is -0.508 e. The van der Waals surface area contributed by atoms with Gasteiger partial charge in [0, 0.05) is 11.4 Å². The first-order valence-corrected chi connectivity index (χ1v) is 6.60. The highest BCUT2D eigenvalue weighted by molar-refractivity contribution is 8.00. The van der Waals surface area contributed by atoms with Gasteiger partial charge in [0.1, 0.15) is 5.75 Å². The van der Waals surface area contributed by atoms with Gasteiger partial charge in [-0.2, -0.15) is 0 Å². The van der Waals surface area contributed by atoms with Gasteiger partial charge < -0.3 is 10.4 Å². The first kappa shape index (κ1) is 14.4. The van der Waals surface area contributed by atoms with E-state index in [0.29, 0.717) is 6.54 Å². The lowest BCUT2D eigenvalue weighted by atomic mass is 10.3. The van der Waals surface area contributed by atoms with Gasteiger partial charge in [0.2, 0.25) is 5.91 Å². The molecule has 3 amide bonds. The molecule has 0 aliphatic carbocycles. The average molecular weight is 268 g/mol. The summed E-state index contributed by atoms with van der Waals surface area (Å²) in [4.78, 5) is 23.4. The minimum atomic E-state index is -0.474. The molecule has 0 heterocycles. The Labute approximate surface area is 110 Å². The predicted molar refractivity (Wildman–Crippen MR) is 70.7 cm³/mol. The smallest absolute Gasteiger partial charge is 0.321 e. The number of urea groups is 1. The topological polar surface area (TPSA) is 78.4 Å². The second kappa shape index (κ2) is 7.60. The summed E-state index contributed by atoms with van der Waals surface area (Å²) < 4.78 is 0. The van der Waals surface area contributed by atoms with Crippen molar-refractivity contribution in [2.75, 3.05) is 12.3 Å². The third-order valence-electron chi connectivity index (χ3n) is 1.98. The van der Waals surface area contributed by atoms with Gasteiger partial charge in [-0.1, -0.05) is 13.0 Å². The number of hydrogen-bond donors (Lipinski definition) is 3. The van der Waals surface area contributed by atoms with Crippen molar-refractivity contribution in [3.8, 4) is 5.75 Å². The number of carbonyl (C=O) groups excluding carboxylic acids is 2. The number of hydrogen-bond acceptors (Lipinski definition) is 4. The fourth-order valence-electron chi connectivity index (χ4n) is 1.17. The van der Waals surface area contributed by atoms with E-state index in [2.05, 4.69) is 10.6 Å². The second-order valence-corrected chi connectivity index (χ2v) is 4.64. The van der Waals surface area contributed by atoms with Crippen LogP contribution in [0.15, 0.2) is 29.2 Å². The van der Waals surface area contributed by atoms with Crippen molar-refractivity contribution in [2.24, 2.45) is 0 Å². The molecule has 0 aliphatic rings. The molecule has 1 rings (SSSR count). The molecular weight excluding hydrogens is 252 g/mol. The summed E-state index contributed by atoms with van der Waals surface area (Å²) in [6, 6.07) is 6.13. The molecule has 98 valence electrons. The van der Waals surface area contributed by atoms with Crippen LogP contribution in [-0.4, -0.2) is 29.3 Å². The molecule has 3 N–H and O–H groups in total. The van der Waals surface area contributed by atoms with Crippen LogP contribution in [0.3, 0.4) is 0 Å². The number of phenols is 1. The van der Waals surface area contributed by atoms with Crippen molar-refractivity contribution >= 4 is 23.7 Å². The maximum absolute atomic E-state index is 11.4. The van der Waals surface area contributed by atoms with Gasteiger partial charge >= 0.3 is 6.03 Å². The number of rotatable bonds is 5. The monoisotopic (exact) mass is 268 g/mol. The fourth-order valence-corrected chi connectivity index (χ4v) is 1.92. The zero-order valence-electron chi connectivity index (χ0n) is 10.1. The van der Waals surface area contributed by atoms with Gasteiger partial charge in [0.25, 0.3) is 0 Å². The molecule has 5 nitrogen and oxygen atoms in total. The van der Waals surface area contributed by atoms with Crippen LogP contribution in [0.2, 0.25) is 0 Å². The first-order valence-electron chi connectivity index (χ1n) is 5.61. The highest BCUT2D eigenvalue weighted by Gasteiger charge is 2.07. The molecule has 0 atom stereocenters. The summed E-state index contributed by atoms with van der Waals surface area (Å²) in [7, 11) is 0. The van der Waals surface area contributed by atoms with Crippen molar-refractivity contribution < 1.29 is 14.7 Å². The second-order valence-electron chi connectivity index (χ2n) is 3.59. The van der Waals surface area contributed by atoms with Gasteiger partial charge in [-0.05, 0) is 24.6 Å². The molecule has 0 unspecified atom stereocenters. The zero-order chi connectivity index (χ0) is 13.4. The zero-order valence-corrected chi connectivity index (χ0v) is 10.9. The van der Waals surface area contributed by atoms with E-state index in [-0.39, 0.29) is 17.4 Å². The number of aromatic hydroxyl groups is 1. The molecule has 0 bridgehead atoms. The lowest BCUT2D eigenvalue weighted by Gasteiger charge is -2.05. The summed E-state index contributed by atoms with van der Waals surface area (Å²) in [5.74, 6) is -0.0822. The van der Waals surface area contributed by atoms with Gasteiger partial charge in [0.15, 0.2) is 0 Å². The van der Waals surface area contributed by atoms with Crippen molar-refractivity contribution in [2.45, 2.75) is 18.2 Å². The number of nitrogens with one attached hydrogen (secondary N) is 2.